The molecule has 82 valence electrons. The summed E-state index contributed by atoms with van der Waals surface area (Å²) >= 11 is 0. The Morgan fingerprint density at radius 1 is 1.38 bits per heavy atom. The average Bonchev–Trinajstić information content (AvgIpc) is 2.48. The standard InChI is InChI=1S/C10H7NO4S/c1-2-8(12)6-3-4-7-9(5-6)16(14,15)11-10(7)13/h2-5H,1H2,(H,11,13). The molecular formula is C10H7NO4S. The summed E-state index contributed by atoms with van der Waals surface area (Å²) in [6, 6.07) is 3.88. The Morgan fingerprint density at radius 3 is 2.69 bits per heavy atom. The molecule has 5 nitrogen and oxygen atoms in total. The lowest BCUT2D eigenvalue weighted by atomic mass is 10.1. The second-order valence-corrected chi connectivity index (χ2v) is 4.86. The maximum absolute atomic E-state index is 11.5. The summed E-state index contributed by atoms with van der Waals surface area (Å²) in [6.07, 6.45) is 1.08. The Labute approximate surface area is 91.8 Å². The SMILES string of the molecule is C=CC(=O)c1ccc2c(c1)S(=O)(=O)NC2=O. The van der Waals surface area contributed by atoms with Crippen LogP contribution >= 0.6 is 0 Å². The third-order valence-electron chi connectivity index (χ3n) is 2.21. The van der Waals surface area contributed by atoms with Crippen molar-refractivity contribution in [3.8, 4) is 0 Å². The molecule has 0 saturated carbocycles. The van der Waals surface area contributed by atoms with E-state index in [9.17, 15) is 18.0 Å². The van der Waals surface area contributed by atoms with Crippen LogP contribution in [0.25, 0.3) is 0 Å². The minimum absolute atomic E-state index is 0.0561. The fraction of sp³-hybridized carbons (Fsp3) is 0. The summed E-state index contributed by atoms with van der Waals surface area (Å²) in [5.41, 5.74) is 0.245. The van der Waals surface area contributed by atoms with Crippen LogP contribution in [0.1, 0.15) is 20.7 Å². The molecule has 0 fully saturated rings. The van der Waals surface area contributed by atoms with Crippen LogP contribution in [0.4, 0.5) is 0 Å². The maximum Gasteiger partial charge on any atom is 0.266 e. The summed E-state index contributed by atoms with van der Waals surface area (Å²) in [5.74, 6) is -1.06. The Bertz CT molecular complexity index is 616. The molecule has 0 bridgehead atoms. The maximum atomic E-state index is 11.5. The fourth-order valence-corrected chi connectivity index (χ4v) is 2.63. The molecule has 1 N–H and O–H groups in total. The number of amides is 1. The normalized spacial score (nSPS) is 16.4. The van der Waals surface area contributed by atoms with Crippen LogP contribution in [0.5, 0.6) is 0 Å². The van der Waals surface area contributed by atoms with Gasteiger partial charge in [-0.25, -0.2) is 13.1 Å². The second kappa shape index (κ2) is 3.28. The van der Waals surface area contributed by atoms with Gasteiger partial charge in [-0.3, -0.25) is 9.59 Å². The predicted molar refractivity (Wildman–Crippen MR) is 55.6 cm³/mol. The van der Waals surface area contributed by atoms with Crippen LogP contribution in [0.2, 0.25) is 0 Å². The number of carbonyl (C=O) groups excluding carboxylic acids is 2. The summed E-state index contributed by atoms with van der Waals surface area (Å²) in [7, 11) is -3.81. The first-order valence-electron chi connectivity index (χ1n) is 4.33. The van der Waals surface area contributed by atoms with Crippen LogP contribution in [0, 0.1) is 0 Å². The molecule has 1 heterocycles. The van der Waals surface area contributed by atoms with E-state index in [4.69, 9.17) is 0 Å². The molecule has 0 radical (unpaired) electrons. The Kier molecular flexibility index (Phi) is 2.16. The zero-order chi connectivity index (χ0) is 11.9. The average molecular weight is 237 g/mol. The Balaban J connectivity index is 2.68. The third kappa shape index (κ3) is 1.43. The van der Waals surface area contributed by atoms with Crippen molar-refractivity contribution in [1.82, 2.24) is 4.72 Å². The number of hydrogen-bond acceptors (Lipinski definition) is 4. The largest absolute Gasteiger partial charge is 0.289 e. The molecule has 2 rings (SSSR count). The van der Waals surface area contributed by atoms with Gasteiger partial charge in [-0.1, -0.05) is 12.6 Å². The molecule has 0 unspecified atom stereocenters. The highest BCUT2D eigenvalue weighted by Crippen LogP contribution is 2.23. The van der Waals surface area contributed by atoms with E-state index in [2.05, 4.69) is 6.58 Å². The van der Waals surface area contributed by atoms with Gasteiger partial charge in [0.25, 0.3) is 15.9 Å². The fourth-order valence-electron chi connectivity index (χ4n) is 1.44. The van der Waals surface area contributed by atoms with E-state index in [1.54, 1.807) is 0 Å². The van der Waals surface area contributed by atoms with Gasteiger partial charge in [-0.2, -0.15) is 0 Å². The lowest BCUT2D eigenvalue weighted by Gasteiger charge is -1.98. The number of sulfonamides is 1. The monoisotopic (exact) mass is 237 g/mol. The molecule has 0 atom stereocenters. The van der Waals surface area contributed by atoms with Crippen molar-refractivity contribution in [2.45, 2.75) is 4.90 Å². The minimum atomic E-state index is -3.81. The molecular weight excluding hydrogens is 230 g/mol. The summed E-state index contributed by atoms with van der Waals surface area (Å²) in [6.45, 7) is 3.30. The molecule has 1 aliphatic heterocycles. The summed E-state index contributed by atoms with van der Waals surface area (Å²) < 4.78 is 24.8. The van der Waals surface area contributed by atoms with Crippen molar-refractivity contribution in [3.63, 3.8) is 0 Å². The van der Waals surface area contributed by atoms with Gasteiger partial charge in [0.2, 0.25) is 0 Å². The molecule has 1 amide bonds. The Hall–Kier alpha value is -1.95. The predicted octanol–water partition coefficient (Wildman–Crippen LogP) is 0.487. The van der Waals surface area contributed by atoms with Crippen LogP contribution in [0.3, 0.4) is 0 Å². The van der Waals surface area contributed by atoms with E-state index >= 15 is 0 Å². The van der Waals surface area contributed by atoms with Gasteiger partial charge in [-0.05, 0) is 18.2 Å². The van der Waals surface area contributed by atoms with Crippen molar-refractivity contribution in [3.05, 3.63) is 42.0 Å². The van der Waals surface area contributed by atoms with Crippen molar-refractivity contribution in [2.75, 3.05) is 0 Å². The number of hydrogen-bond donors (Lipinski definition) is 1. The number of benzene rings is 1. The first-order chi connectivity index (χ1) is 7.45. The van der Waals surface area contributed by atoms with Crippen molar-refractivity contribution >= 4 is 21.7 Å². The molecule has 1 aromatic carbocycles. The van der Waals surface area contributed by atoms with Crippen LogP contribution < -0.4 is 4.72 Å². The molecule has 6 heteroatoms. The summed E-state index contributed by atoms with van der Waals surface area (Å²) in [4.78, 5) is 22.4. The van der Waals surface area contributed by atoms with Gasteiger partial charge >= 0.3 is 0 Å². The highest BCUT2D eigenvalue weighted by molar-refractivity contribution is 7.90. The first kappa shape index (κ1) is 10.6. The molecule has 16 heavy (non-hydrogen) atoms. The van der Waals surface area contributed by atoms with Gasteiger partial charge in [0.05, 0.1) is 5.56 Å². The van der Waals surface area contributed by atoms with Gasteiger partial charge < -0.3 is 0 Å². The van der Waals surface area contributed by atoms with Gasteiger partial charge in [0, 0.05) is 5.56 Å². The van der Waals surface area contributed by atoms with Crippen LogP contribution in [-0.4, -0.2) is 20.1 Å². The highest BCUT2D eigenvalue weighted by atomic mass is 32.2. The number of nitrogens with one attached hydrogen (secondary N) is 1. The number of carbonyl (C=O) groups is 2. The molecule has 0 aromatic heterocycles. The van der Waals surface area contributed by atoms with Crippen molar-refractivity contribution in [1.29, 1.82) is 0 Å². The second-order valence-electron chi connectivity index (χ2n) is 3.21. The van der Waals surface area contributed by atoms with E-state index in [1.807, 2.05) is 4.72 Å². The van der Waals surface area contributed by atoms with E-state index in [0.717, 1.165) is 6.08 Å². The molecule has 1 aliphatic rings. The van der Waals surface area contributed by atoms with Gasteiger partial charge in [0.15, 0.2) is 5.78 Å². The van der Waals surface area contributed by atoms with Crippen molar-refractivity contribution < 1.29 is 18.0 Å². The highest BCUT2D eigenvalue weighted by Gasteiger charge is 2.32. The number of allylic oxidation sites excluding steroid dienone is 1. The van der Waals surface area contributed by atoms with Gasteiger partial charge in [0.1, 0.15) is 4.90 Å². The summed E-state index contributed by atoms with van der Waals surface area (Å²) in [5, 5.41) is 0. The third-order valence-corrected chi connectivity index (χ3v) is 3.58. The van der Waals surface area contributed by atoms with E-state index in [-0.39, 0.29) is 16.0 Å². The molecule has 0 aliphatic carbocycles. The van der Waals surface area contributed by atoms with E-state index in [1.165, 1.54) is 18.2 Å². The lowest BCUT2D eigenvalue weighted by molar-refractivity contribution is 0.0983. The first-order valence-corrected chi connectivity index (χ1v) is 5.82. The lowest BCUT2D eigenvalue weighted by Crippen LogP contribution is -2.20. The number of fused-ring (bicyclic) bond motifs is 1. The smallest absolute Gasteiger partial charge is 0.266 e. The van der Waals surface area contributed by atoms with Crippen LogP contribution in [-0.2, 0) is 10.0 Å². The Morgan fingerprint density at radius 2 is 2.06 bits per heavy atom. The zero-order valence-electron chi connectivity index (χ0n) is 8.06. The minimum Gasteiger partial charge on any atom is -0.289 e. The van der Waals surface area contributed by atoms with Crippen molar-refractivity contribution in [2.24, 2.45) is 0 Å². The molecule has 1 aromatic rings. The van der Waals surface area contributed by atoms with E-state index < -0.39 is 21.7 Å². The quantitative estimate of drug-likeness (QED) is 0.599. The molecule has 0 saturated heterocycles. The van der Waals surface area contributed by atoms with E-state index in [0.29, 0.717) is 0 Å². The zero-order valence-corrected chi connectivity index (χ0v) is 8.87. The topological polar surface area (TPSA) is 80.3 Å². The molecule has 0 spiro atoms. The number of rotatable bonds is 2. The van der Waals surface area contributed by atoms with Gasteiger partial charge in [-0.15, -0.1) is 0 Å². The number of ketones is 1. The van der Waals surface area contributed by atoms with Crippen LogP contribution in [0.15, 0.2) is 35.7 Å².